The van der Waals surface area contributed by atoms with Crippen LogP contribution in [0.15, 0.2) is 41.3 Å². The number of fused-ring (bicyclic) bond motifs is 1. The predicted molar refractivity (Wildman–Crippen MR) is 118 cm³/mol. The third kappa shape index (κ3) is 3.47. The molecule has 3 nitrogen and oxygen atoms in total. The second-order valence-electron chi connectivity index (χ2n) is 8.98. The van der Waals surface area contributed by atoms with Gasteiger partial charge in [0.15, 0.2) is 0 Å². The first kappa shape index (κ1) is 20.9. The molecule has 0 spiro atoms. The summed E-state index contributed by atoms with van der Waals surface area (Å²) < 4.78 is 29.8. The number of benzene rings is 2. The molecule has 0 saturated carbocycles. The molecule has 2 aromatic carbocycles. The van der Waals surface area contributed by atoms with Crippen molar-refractivity contribution in [2.24, 2.45) is 0 Å². The summed E-state index contributed by atoms with van der Waals surface area (Å²) in [4.78, 5) is 0.519. The summed E-state index contributed by atoms with van der Waals surface area (Å²) in [5.41, 5.74) is 5.01. The molecule has 0 saturated heterocycles. The molecule has 0 aliphatic carbocycles. The molecule has 152 valence electrons. The van der Waals surface area contributed by atoms with Crippen molar-refractivity contribution >= 4 is 15.7 Å². The van der Waals surface area contributed by atoms with Gasteiger partial charge < -0.3 is 0 Å². The van der Waals surface area contributed by atoms with E-state index in [1.54, 1.807) is 4.31 Å². The first-order valence-corrected chi connectivity index (χ1v) is 11.8. The Morgan fingerprint density at radius 1 is 0.893 bits per heavy atom. The summed E-state index contributed by atoms with van der Waals surface area (Å²) >= 11 is 0. The van der Waals surface area contributed by atoms with Crippen LogP contribution in [0.1, 0.15) is 88.5 Å². The second-order valence-corrected chi connectivity index (χ2v) is 10.7. The fourth-order valence-corrected chi connectivity index (χ4v) is 6.56. The Morgan fingerprint density at radius 2 is 1.43 bits per heavy atom. The number of hydrogen-bond acceptors (Lipinski definition) is 2. The zero-order valence-corrected chi connectivity index (χ0v) is 19.0. The topological polar surface area (TPSA) is 37.4 Å². The molecule has 1 atom stereocenters. The van der Waals surface area contributed by atoms with Crippen LogP contribution in [0.4, 0.5) is 5.69 Å². The lowest BCUT2D eigenvalue weighted by Gasteiger charge is -2.29. The molecule has 1 heterocycles. The molecule has 2 aromatic rings. The van der Waals surface area contributed by atoms with Crippen molar-refractivity contribution in [2.45, 2.75) is 83.6 Å². The van der Waals surface area contributed by atoms with Gasteiger partial charge in [-0.3, -0.25) is 4.31 Å². The van der Waals surface area contributed by atoms with Crippen LogP contribution in [-0.2, 0) is 16.4 Å². The van der Waals surface area contributed by atoms with E-state index in [0.717, 1.165) is 28.8 Å². The second kappa shape index (κ2) is 7.55. The number of para-hydroxylation sites is 1. The molecular weight excluding hydrogens is 366 g/mol. The molecular formula is C24H33NO2S. The SMILES string of the molecule is CC(C)c1cc(C(C)C)c(S(=O)(=O)N2c3ccccc3CC2C)c(C(C)C)c1. The Kier molecular flexibility index (Phi) is 5.64. The molecule has 0 N–H and O–H groups in total. The minimum absolute atomic E-state index is 0.0767. The van der Waals surface area contributed by atoms with E-state index >= 15 is 0 Å². The highest BCUT2D eigenvalue weighted by atomic mass is 32.2. The number of anilines is 1. The average molecular weight is 400 g/mol. The van der Waals surface area contributed by atoms with E-state index in [1.807, 2.05) is 31.2 Å². The Balaban J connectivity index is 2.30. The highest BCUT2D eigenvalue weighted by Gasteiger charge is 2.39. The van der Waals surface area contributed by atoms with Gasteiger partial charge in [0.2, 0.25) is 0 Å². The summed E-state index contributed by atoms with van der Waals surface area (Å²) in [6.07, 6.45) is 0.757. The molecule has 0 radical (unpaired) electrons. The molecule has 0 amide bonds. The van der Waals surface area contributed by atoms with Crippen LogP contribution in [0, 0.1) is 0 Å². The summed E-state index contributed by atoms with van der Waals surface area (Å²) in [7, 11) is -3.66. The molecule has 3 rings (SSSR count). The fourth-order valence-electron chi connectivity index (χ4n) is 4.19. The van der Waals surface area contributed by atoms with Crippen LogP contribution in [-0.4, -0.2) is 14.5 Å². The molecule has 1 aliphatic rings. The normalized spacial score (nSPS) is 17.1. The van der Waals surface area contributed by atoms with Crippen LogP contribution in [0.25, 0.3) is 0 Å². The van der Waals surface area contributed by atoms with E-state index in [2.05, 4.69) is 53.7 Å². The van der Waals surface area contributed by atoms with E-state index in [-0.39, 0.29) is 17.9 Å². The highest BCUT2D eigenvalue weighted by molar-refractivity contribution is 7.93. The minimum Gasteiger partial charge on any atom is -0.263 e. The van der Waals surface area contributed by atoms with E-state index in [1.165, 1.54) is 5.56 Å². The van der Waals surface area contributed by atoms with Gasteiger partial charge in [0, 0.05) is 6.04 Å². The molecule has 0 bridgehead atoms. The van der Waals surface area contributed by atoms with Gasteiger partial charge in [0.25, 0.3) is 10.0 Å². The van der Waals surface area contributed by atoms with Crippen LogP contribution < -0.4 is 4.31 Å². The Bertz CT molecular complexity index is 945. The van der Waals surface area contributed by atoms with Crippen molar-refractivity contribution in [2.75, 3.05) is 4.31 Å². The number of rotatable bonds is 5. The van der Waals surface area contributed by atoms with Gasteiger partial charge >= 0.3 is 0 Å². The smallest absolute Gasteiger partial charge is 0.263 e. The van der Waals surface area contributed by atoms with Crippen molar-refractivity contribution in [1.82, 2.24) is 0 Å². The van der Waals surface area contributed by atoms with Crippen molar-refractivity contribution in [3.05, 3.63) is 58.7 Å². The Hall–Kier alpha value is -1.81. The molecule has 0 aromatic heterocycles. The predicted octanol–water partition coefficient (Wildman–Crippen LogP) is 6.20. The molecule has 1 aliphatic heterocycles. The zero-order valence-electron chi connectivity index (χ0n) is 18.2. The third-order valence-electron chi connectivity index (χ3n) is 5.74. The molecule has 28 heavy (non-hydrogen) atoms. The number of nitrogens with zero attached hydrogens (tertiary/aromatic N) is 1. The van der Waals surface area contributed by atoms with Crippen LogP contribution in [0.2, 0.25) is 0 Å². The Morgan fingerprint density at radius 3 is 1.93 bits per heavy atom. The van der Waals surface area contributed by atoms with Gasteiger partial charge in [0.1, 0.15) is 0 Å². The standard InChI is InChI=1S/C24H33NO2S/c1-15(2)20-13-21(16(3)4)24(22(14-20)17(5)6)28(26,27)25-18(7)12-19-10-8-9-11-23(19)25/h8-11,13-18H,12H2,1-7H3. The third-order valence-corrected chi connectivity index (χ3v) is 7.80. The lowest BCUT2D eigenvalue weighted by atomic mass is 9.89. The van der Waals surface area contributed by atoms with Gasteiger partial charge in [-0.2, -0.15) is 0 Å². The van der Waals surface area contributed by atoms with Crippen molar-refractivity contribution in [1.29, 1.82) is 0 Å². The van der Waals surface area contributed by atoms with E-state index in [9.17, 15) is 8.42 Å². The summed E-state index contributed by atoms with van der Waals surface area (Å²) in [5, 5.41) is 0. The fraction of sp³-hybridized carbons (Fsp3) is 0.500. The van der Waals surface area contributed by atoms with Gasteiger partial charge in [-0.05, 0) is 59.4 Å². The lowest BCUT2D eigenvalue weighted by Crippen LogP contribution is -2.37. The Labute approximate surface area is 170 Å². The van der Waals surface area contributed by atoms with Crippen molar-refractivity contribution in [3.8, 4) is 0 Å². The van der Waals surface area contributed by atoms with Gasteiger partial charge in [-0.1, -0.05) is 71.9 Å². The van der Waals surface area contributed by atoms with E-state index in [0.29, 0.717) is 10.8 Å². The van der Waals surface area contributed by atoms with Gasteiger partial charge in [0.05, 0.1) is 10.6 Å². The average Bonchev–Trinajstić information content (AvgIpc) is 2.96. The van der Waals surface area contributed by atoms with E-state index < -0.39 is 10.0 Å². The van der Waals surface area contributed by atoms with Crippen LogP contribution in [0.3, 0.4) is 0 Å². The first-order chi connectivity index (χ1) is 13.1. The summed E-state index contributed by atoms with van der Waals surface area (Å²) in [5.74, 6) is 0.626. The number of sulfonamides is 1. The summed E-state index contributed by atoms with van der Waals surface area (Å²) in [6, 6.07) is 12.0. The van der Waals surface area contributed by atoms with Crippen molar-refractivity contribution < 1.29 is 8.42 Å². The summed E-state index contributed by atoms with van der Waals surface area (Å²) in [6.45, 7) is 14.7. The minimum atomic E-state index is -3.66. The maximum absolute atomic E-state index is 14.1. The first-order valence-electron chi connectivity index (χ1n) is 10.4. The molecule has 1 unspecified atom stereocenters. The maximum Gasteiger partial charge on any atom is 0.265 e. The van der Waals surface area contributed by atoms with Crippen molar-refractivity contribution in [3.63, 3.8) is 0 Å². The zero-order chi connectivity index (χ0) is 20.8. The molecule has 4 heteroatoms. The van der Waals surface area contributed by atoms with Crippen LogP contribution in [0.5, 0.6) is 0 Å². The highest BCUT2D eigenvalue weighted by Crippen LogP contribution is 2.41. The monoisotopic (exact) mass is 399 g/mol. The van der Waals surface area contributed by atoms with Gasteiger partial charge in [-0.25, -0.2) is 8.42 Å². The molecule has 0 fully saturated rings. The van der Waals surface area contributed by atoms with Crippen LogP contribution >= 0.6 is 0 Å². The quantitative estimate of drug-likeness (QED) is 0.600. The van der Waals surface area contributed by atoms with Gasteiger partial charge in [-0.15, -0.1) is 0 Å². The maximum atomic E-state index is 14.1. The lowest BCUT2D eigenvalue weighted by molar-refractivity contribution is 0.579. The largest absolute Gasteiger partial charge is 0.265 e. The van der Waals surface area contributed by atoms with E-state index in [4.69, 9.17) is 0 Å². The number of hydrogen-bond donors (Lipinski definition) is 0.